The zero-order valence-corrected chi connectivity index (χ0v) is 44.5. The van der Waals surface area contributed by atoms with Crippen LogP contribution in [-0.2, 0) is 23.2 Å². The summed E-state index contributed by atoms with van der Waals surface area (Å²) in [7, 11) is 3.71. The lowest BCUT2D eigenvalue weighted by atomic mass is 10.1. The Morgan fingerprint density at radius 2 is 1.43 bits per heavy atom. The molecule has 9 heterocycles. The number of nitrogens with zero attached hydrogens (tertiary/aromatic N) is 17. The van der Waals surface area contributed by atoms with E-state index in [4.69, 9.17) is 19.4 Å². The fourth-order valence-electron chi connectivity index (χ4n) is 10.7. The van der Waals surface area contributed by atoms with Crippen LogP contribution in [0.2, 0.25) is 0 Å². The van der Waals surface area contributed by atoms with Gasteiger partial charge in [-0.05, 0) is 105 Å². The molecule has 6 aromatic heterocycles. The first-order valence-electron chi connectivity index (χ1n) is 26.3. The highest BCUT2D eigenvalue weighted by Crippen LogP contribution is 2.37. The van der Waals surface area contributed by atoms with E-state index in [0.717, 1.165) is 46.5 Å². The van der Waals surface area contributed by atoms with Gasteiger partial charge in [0.1, 0.15) is 69.1 Å². The van der Waals surface area contributed by atoms with Crippen molar-refractivity contribution in [3.8, 4) is 23.0 Å². The van der Waals surface area contributed by atoms with Crippen LogP contribution in [0.25, 0.3) is 44.1 Å². The van der Waals surface area contributed by atoms with Crippen molar-refractivity contribution in [1.82, 2.24) is 74.7 Å². The average Bonchev–Trinajstić information content (AvgIpc) is 4.14. The molecule has 2 unspecified atom stereocenters. The molecule has 0 aliphatic carbocycles. The molecule has 406 valence electrons. The molecule has 2 N–H and O–H groups in total. The molecule has 0 radical (unpaired) electrons. The normalized spacial score (nSPS) is 16.2. The lowest BCUT2D eigenvalue weighted by molar-refractivity contribution is -0.130. The van der Waals surface area contributed by atoms with Crippen molar-refractivity contribution in [1.29, 1.82) is 0 Å². The monoisotopic (exact) mass is 1090 g/mol. The number of aromatic nitrogens is 13. The van der Waals surface area contributed by atoms with Crippen molar-refractivity contribution in [3.63, 3.8) is 0 Å². The number of carbonyl (C=O) groups is 2. The summed E-state index contributed by atoms with van der Waals surface area (Å²) >= 11 is 0. The van der Waals surface area contributed by atoms with Crippen LogP contribution in [0.4, 0.5) is 39.2 Å². The number of piperazine rings is 1. The van der Waals surface area contributed by atoms with Crippen LogP contribution in [0, 0.1) is 19.7 Å². The zero-order valence-electron chi connectivity index (χ0n) is 44.5. The number of likely N-dealkylation sites (tertiary alicyclic amines) is 1. The minimum absolute atomic E-state index is 0.0160. The van der Waals surface area contributed by atoms with Crippen LogP contribution in [0.3, 0.4) is 0 Å². The maximum atomic E-state index is 16.1. The van der Waals surface area contributed by atoms with E-state index in [0.29, 0.717) is 101 Å². The van der Waals surface area contributed by atoms with Gasteiger partial charge < -0.3 is 39.7 Å². The predicted molar refractivity (Wildman–Crippen MR) is 302 cm³/mol. The number of aryl methyl sites for hydroxylation is 2. The summed E-state index contributed by atoms with van der Waals surface area (Å²) in [5.74, 6) is 3.52. The number of allylic oxidation sites excluding steroid dienone is 1. The molecule has 81 heavy (non-hydrogen) atoms. The third-order valence-corrected chi connectivity index (χ3v) is 15.2. The third kappa shape index (κ3) is 9.58. The number of amides is 2. The van der Waals surface area contributed by atoms with E-state index >= 15 is 4.39 Å². The minimum atomic E-state index is -0.535. The van der Waals surface area contributed by atoms with Gasteiger partial charge in [-0.1, -0.05) is 23.1 Å². The fraction of sp³-hybridized carbons (Fsp3) is 0.246. The van der Waals surface area contributed by atoms with Crippen LogP contribution < -0.4 is 29.9 Å². The quantitative estimate of drug-likeness (QED) is 0.0928. The summed E-state index contributed by atoms with van der Waals surface area (Å²) in [5.41, 5.74) is 7.40. The Morgan fingerprint density at radius 3 is 2.20 bits per heavy atom. The Morgan fingerprint density at radius 1 is 0.741 bits per heavy atom. The number of hydrogen-bond donors (Lipinski definition) is 2. The van der Waals surface area contributed by atoms with E-state index in [-0.39, 0.29) is 41.2 Å². The number of anilines is 6. The predicted octanol–water partition coefficient (Wildman–Crippen LogP) is 7.88. The van der Waals surface area contributed by atoms with Crippen molar-refractivity contribution in [3.05, 3.63) is 139 Å². The summed E-state index contributed by atoms with van der Waals surface area (Å²) in [4.78, 5) is 65.7. The number of hydrogen-bond acceptors (Lipinski definition) is 19. The number of likely N-dealkylation sites (N-methyl/N-ethyl adjacent to an activating group) is 1. The first kappa shape index (κ1) is 50.3. The van der Waals surface area contributed by atoms with Crippen LogP contribution in [0.5, 0.6) is 23.0 Å². The lowest BCUT2D eigenvalue weighted by Crippen LogP contribution is -2.60. The van der Waals surface area contributed by atoms with Crippen molar-refractivity contribution in [2.45, 2.75) is 51.4 Å². The van der Waals surface area contributed by atoms with Gasteiger partial charge in [-0.3, -0.25) is 9.59 Å². The molecule has 4 aromatic carbocycles. The number of nitrogens with one attached hydrogen (secondary N) is 2. The average molecular weight is 1090 g/mol. The van der Waals surface area contributed by atoms with Crippen LogP contribution in [0.1, 0.15) is 24.0 Å². The van der Waals surface area contributed by atoms with E-state index in [1.165, 1.54) is 18.7 Å². The number of rotatable bonds is 15. The molecule has 2 atom stereocenters. The minimum Gasteiger partial charge on any atom is -0.457 e. The largest absolute Gasteiger partial charge is 0.457 e. The molecule has 3 aliphatic rings. The summed E-state index contributed by atoms with van der Waals surface area (Å²) in [6.45, 7) is 9.81. The number of halogens is 1. The first-order valence-corrected chi connectivity index (χ1v) is 26.3. The maximum absolute atomic E-state index is 16.1. The summed E-state index contributed by atoms with van der Waals surface area (Å²) in [6.07, 6.45) is 11.0. The van der Waals surface area contributed by atoms with Crippen molar-refractivity contribution >= 4 is 90.7 Å². The van der Waals surface area contributed by atoms with Gasteiger partial charge in [-0.2, -0.15) is 0 Å². The van der Waals surface area contributed by atoms with E-state index < -0.39 is 5.82 Å². The van der Waals surface area contributed by atoms with Gasteiger partial charge in [-0.25, -0.2) is 48.6 Å². The Labute approximate surface area is 461 Å². The smallest absolute Gasteiger partial charge is 0.246 e. The van der Waals surface area contributed by atoms with Crippen molar-refractivity contribution in [2.75, 3.05) is 53.7 Å². The third-order valence-electron chi connectivity index (χ3n) is 15.2. The fourth-order valence-corrected chi connectivity index (χ4v) is 10.7. The van der Waals surface area contributed by atoms with Crippen molar-refractivity contribution < 1.29 is 23.5 Å². The molecular formula is C57H52FN19O4. The Kier molecular flexibility index (Phi) is 12.7. The second kappa shape index (κ2) is 20.5. The first-order chi connectivity index (χ1) is 39.4. The second-order valence-corrected chi connectivity index (χ2v) is 20.3. The van der Waals surface area contributed by atoms with Gasteiger partial charge in [0.15, 0.2) is 17.5 Å². The number of fused-ring (bicyclic) bond motifs is 6. The van der Waals surface area contributed by atoms with E-state index in [1.807, 2.05) is 91.5 Å². The van der Waals surface area contributed by atoms with Crippen molar-refractivity contribution in [2.24, 2.45) is 7.05 Å². The molecule has 24 heteroatoms. The van der Waals surface area contributed by atoms with Crippen LogP contribution in [-0.4, -0.2) is 138 Å². The summed E-state index contributed by atoms with van der Waals surface area (Å²) < 4.78 is 31.9. The van der Waals surface area contributed by atoms with E-state index in [9.17, 15) is 9.59 Å². The molecule has 10 aromatic rings. The molecule has 0 spiro atoms. The van der Waals surface area contributed by atoms with Gasteiger partial charge in [0.2, 0.25) is 17.8 Å². The highest BCUT2D eigenvalue weighted by atomic mass is 19.1. The molecule has 3 saturated heterocycles. The van der Waals surface area contributed by atoms with Gasteiger partial charge >= 0.3 is 0 Å². The number of pyridine rings is 1. The molecular weight excluding hydrogens is 1030 g/mol. The van der Waals surface area contributed by atoms with E-state index in [1.54, 1.807) is 57.7 Å². The molecule has 2 amide bonds. The van der Waals surface area contributed by atoms with Crippen LogP contribution in [0.15, 0.2) is 123 Å². The molecule has 3 fully saturated rings. The van der Waals surface area contributed by atoms with Gasteiger partial charge in [-0.15, -0.1) is 10.2 Å². The summed E-state index contributed by atoms with van der Waals surface area (Å²) in [6, 6.07) is 24.2. The highest BCUT2D eigenvalue weighted by molar-refractivity contribution is 5.91. The Bertz CT molecular complexity index is 4170. The summed E-state index contributed by atoms with van der Waals surface area (Å²) in [5, 5.41) is 23.6. The second-order valence-electron chi connectivity index (χ2n) is 20.3. The molecule has 13 rings (SSSR count). The molecule has 23 nitrogen and oxygen atoms in total. The number of carbonyl (C=O) groups excluding carboxylic acids is 2. The Balaban J connectivity index is 0.626. The molecule has 3 aliphatic heterocycles. The van der Waals surface area contributed by atoms with Gasteiger partial charge in [0, 0.05) is 81.8 Å². The maximum Gasteiger partial charge on any atom is 0.246 e. The highest BCUT2D eigenvalue weighted by Gasteiger charge is 2.42. The zero-order chi connectivity index (χ0) is 55.5. The topological polar surface area (TPSA) is 241 Å². The molecule has 2 bridgehead atoms. The van der Waals surface area contributed by atoms with Crippen LogP contribution >= 0.6 is 0 Å². The van der Waals surface area contributed by atoms with E-state index in [2.05, 4.69) is 67.7 Å². The van der Waals surface area contributed by atoms with Gasteiger partial charge in [0.25, 0.3) is 0 Å². The standard InChI is InChI=1S/C57H52FN19O4/c1-6-50(78)75-28-37(29-75)72(4)57-59-25-44-54(67-57)56(63-31-61-44)65-40-14-19-48(33(3)52(40)58)81-39-13-17-46-43(24-39)69-71-76(46)21-7-8-51(79)77-35-10-11-36(77)27-74(26-35)49-20-15-41-53(66-49)55(62-30-60-41)64-34-9-18-47(32(2)22-34)80-38-12-16-45-42(23-38)68-70-73(45)5/h6-9,12-20,22-25,30-31,35-37H,1,10-11,21,26-29H2,2-5H3,(H,60,62,64)(H,61,63,65)/b8-7-. The number of ether oxygens (including phenoxy) is 2. The van der Waals surface area contributed by atoms with Gasteiger partial charge in [0.05, 0.1) is 41.0 Å². The Hall–Kier alpha value is -10.3. The SMILES string of the molecule is C=CC(=O)N1CC(N(C)c2ncc3ncnc(Nc4ccc(Oc5ccc6c(c5)nnn6C/C=C\C(=O)N5C6CCC5CN(c5ccc7ncnc(Nc8ccc(Oc9ccc%10c(c9)nnn%10C)c(C)c8)c7n5)C6)c(C)c4F)c3n2)C1. The molecule has 0 saturated carbocycles. The number of benzene rings is 4. The lowest BCUT2D eigenvalue weighted by Gasteiger charge is -2.43.